The summed E-state index contributed by atoms with van der Waals surface area (Å²) in [6.45, 7) is 0. The highest BCUT2D eigenvalue weighted by molar-refractivity contribution is 5.96. The van der Waals surface area contributed by atoms with E-state index in [1.54, 1.807) is 0 Å². The predicted molar refractivity (Wildman–Crippen MR) is 85.3 cm³/mol. The second-order valence-corrected chi connectivity index (χ2v) is 5.00. The lowest BCUT2D eigenvalue weighted by molar-refractivity contribution is 1.18. The third-order valence-electron chi connectivity index (χ3n) is 3.62. The van der Waals surface area contributed by atoms with Gasteiger partial charge in [0.2, 0.25) is 0 Å². The minimum absolute atomic E-state index is 0.107. The third-order valence-corrected chi connectivity index (χ3v) is 3.62. The van der Waals surface area contributed by atoms with Crippen LogP contribution in [0.3, 0.4) is 0 Å². The van der Waals surface area contributed by atoms with Crippen molar-refractivity contribution in [1.29, 1.82) is 0 Å². The van der Waals surface area contributed by atoms with Crippen molar-refractivity contribution < 1.29 is 0 Å². The molecule has 0 saturated heterocycles. The van der Waals surface area contributed by atoms with Crippen molar-refractivity contribution in [2.75, 3.05) is 0 Å². The summed E-state index contributed by atoms with van der Waals surface area (Å²) in [6, 6.07) is 21.5. The number of hydrogen-bond donors (Lipinski definition) is 1. The molecule has 0 aliphatic carbocycles. The Morgan fingerprint density at radius 3 is 2.24 bits per heavy atom. The summed E-state index contributed by atoms with van der Waals surface area (Å²) in [5.41, 5.74) is 1.52. The van der Waals surface area contributed by atoms with Crippen LogP contribution in [0.5, 0.6) is 0 Å². The maximum absolute atomic E-state index is 12.3. The minimum atomic E-state index is -0.107. The first-order valence-electron chi connectivity index (χ1n) is 6.79. The van der Waals surface area contributed by atoms with E-state index < -0.39 is 0 Å². The van der Waals surface area contributed by atoms with Crippen molar-refractivity contribution in [2.24, 2.45) is 0 Å². The molecule has 1 aromatic heterocycles. The number of H-pyrrole nitrogens is 1. The summed E-state index contributed by atoms with van der Waals surface area (Å²) >= 11 is 0. The molecule has 3 aromatic carbocycles. The van der Waals surface area contributed by atoms with Crippen molar-refractivity contribution in [3.63, 3.8) is 0 Å². The van der Waals surface area contributed by atoms with Gasteiger partial charge in [0.05, 0.1) is 10.9 Å². The molecular formula is C18H12N2O. The van der Waals surface area contributed by atoms with Gasteiger partial charge in [-0.3, -0.25) is 4.79 Å². The highest BCUT2D eigenvalue weighted by Gasteiger charge is 2.07. The summed E-state index contributed by atoms with van der Waals surface area (Å²) in [5, 5.41) is 2.75. The molecule has 3 nitrogen and oxygen atoms in total. The minimum Gasteiger partial charge on any atom is -0.306 e. The van der Waals surface area contributed by atoms with Crippen LogP contribution in [0, 0.1) is 0 Å². The zero-order valence-electron chi connectivity index (χ0n) is 11.2. The third kappa shape index (κ3) is 1.99. The number of benzene rings is 3. The van der Waals surface area contributed by atoms with Gasteiger partial charge in [-0.1, -0.05) is 54.6 Å². The van der Waals surface area contributed by atoms with E-state index in [1.165, 1.54) is 0 Å². The second kappa shape index (κ2) is 4.56. The van der Waals surface area contributed by atoms with E-state index >= 15 is 0 Å². The van der Waals surface area contributed by atoms with Gasteiger partial charge < -0.3 is 4.98 Å². The standard InChI is InChI=1S/C18H12N2O/c21-18-15-10-13-8-4-5-9-14(13)11-16(15)19-17(20-18)12-6-2-1-3-7-12/h1-11H,(H,19,20,21). The summed E-state index contributed by atoms with van der Waals surface area (Å²) in [7, 11) is 0. The van der Waals surface area contributed by atoms with Crippen LogP contribution in [0.2, 0.25) is 0 Å². The number of nitrogens with zero attached hydrogens (tertiary/aromatic N) is 1. The Morgan fingerprint density at radius 1 is 0.810 bits per heavy atom. The van der Waals surface area contributed by atoms with Crippen molar-refractivity contribution in [2.45, 2.75) is 0 Å². The van der Waals surface area contributed by atoms with Crippen LogP contribution in [0.25, 0.3) is 33.1 Å². The largest absolute Gasteiger partial charge is 0.306 e. The zero-order chi connectivity index (χ0) is 14.2. The van der Waals surface area contributed by atoms with E-state index in [1.807, 2.05) is 66.7 Å². The Labute approximate surface area is 120 Å². The molecule has 1 N–H and O–H groups in total. The average molecular weight is 272 g/mol. The lowest BCUT2D eigenvalue weighted by Gasteiger charge is -2.05. The first kappa shape index (κ1) is 11.9. The predicted octanol–water partition coefficient (Wildman–Crippen LogP) is 3.74. The van der Waals surface area contributed by atoms with E-state index in [0.717, 1.165) is 21.9 Å². The molecule has 100 valence electrons. The number of rotatable bonds is 1. The number of aromatic nitrogens is 2. The van der Waals surface area contributed by atoms with Gasteiger partial charge in [0.25, 0.3) is 5.56 Å². The van der Waals surface area contributed by atoms with Gasteiger partial charge in [0, 0.05) is 5.56 Å². The fourth-order valence-electron chi connectivity index (χ4n) is 2.56. The molecule has 0 unspecified atom stereocenters. The summed E-state index contributed by atoms with van der Waals surface area (Å²) in [4.78, 5) is 19.8. The SMILES string of the molecule is O=c1[nH]c(-c2ccccc2)nc2cc3ccccc3cc12. The van der Waals surface area contributed by atoms with E-state index in [4.69, 9.17) is 0 Å². The molecule has 0 bridgehead atoms. The van der Waals surface area contributed by atoms with E-state index in [-0.39, 0.29) is 5.56 Å². The van der Waals surface area contributed by atoms with Crippen LogP contribution in [-0.4, -0.2) is 9.97 Å². The van der Waals surface area contributed by atoms with Crippen LogP contribution in [0.4, 0.5) is 0 Å². The highest BCUT2D eigenvalue weighted by atomic mass is 16.1. The summed E-state index contributed by atoms with van der Waals surface area (Å²) in [5.74, 6) is 0.600. The molecule has 4 aromatic rings. The van der Waals surface area contributed by atoms with Gasteiger partial charge in [0.15, 0.2) is 0 Å². The maximum Gasteiger partial charge on any atom is 0.259 e. The smallest absolute Gasteiger partial charge is 0.259 e. The lowest BCUT2D eigenvalue weighted by atomic mass is 10.1. The van der Waals surface area contributed by atoms with Crippen LogP contribution >= 0.6 is 0 Å². The number of aromatic amines is 1. The first-order chi connectivity index (χ1) is 10.3. The molecule has 0 atom stereocenters. The molecule has 0 amide bonds. The van der Waals surface area contributed by atoms with Crippen molar-refractivity contribution >= 4 is 21.7 Å². The van der Waals surface area contributed by atoms with E-state index in [9.17, 15) is 4.79 Å². The molecular weight excluding hydrogens is 260 g/mol. The van der Waals surface area contributed by atoms with E-state index in [0.29, 0.717) is 11.2 Å². The monoisotopic (exact) mass is 272 g/mol. The molecule has 0 aliphatic heterocycles. The average Bonchev–Trinajstić information content (AvgIpc) is 2.54. The maximum atomic E-state index is 12.3. The fraction of sp³-hybridized carbons (Fsp3) is 0. The lowest BCUT2D eigenvalue weighted by Crippen LogP contribution is -2.09. The van der Waals surface area contributed by atoms with Gasteiger partial charge in [-0.15, -0.1) is 0 Å². The second-order valence-electron chi connectivity index (χ2n) is 5.00. The molecule has 0 radical (unpaired) electrons. The summed E-state index contributed by atoms with van der Waals surface area (Å²) in [6.07, 6.45) is 0. The Morgan fingerprint density at radius 2 is 1.48 bits per heavy atom. The van der Waals surface area contributed by atoms with Gasteiger partial charge in [-0.05, 0) is 22.9 Å². The van der Waals surface area contributed by atoms with Crippen LogP contribution in [0.15, 0.2) is 71.5 Å². The number of hydrogen-bond acceptors (Lipinski definition) is 2. The van der Waals surface area contributed by atoms with Gasteiger partial charge in [0.1, 0.15) is 5.82 Å². The Bertz CT molecular complexity index is 1000. The molecule has 0 saturated carbocycles. The summed E-state index contributed by atoms with van der Waals surface area (Å²) < 4.78 is 0. The Kier molecular flexibility index (Phi) is 2.57. The normalized spacial score (nSPS) is 11.0. The van der Waals surface area contributed by atoms with Gasteiger partial charge in [-0.25, -0.2) is 4.98 Å². The topological polar surface area (TPSA) is 45.8 Å². The van der Waals surface area contributed by atoms with Gasteiger partial charge >= 0.3 is 0 Å². The first-order valence-corrected chi connectivity index (χ1v) is 6.79. The molecule has 21 heavy (non-hydrogen) atoms. The zero-order valence-corrected chi connectivity index (χ0v) is 11.2. The highest BCUT2D eigenvalue weighted by Crippen LogP contribution is 2.21. The fourth-order valence-corrected chi connectivity index (χ4v) is 2.56. The van der Waals surface area contributed by atoms with Crippen molar-refractivity contribution in [3.05, 3.63) is 77.1 Å². The van der Waals surface area contributed by atoms with Crippen LogP contribution in [0.1, 0.15) is 0 Å². The quantitative estimate of drug-likeness (QED) is 0.536. The van der Waals surface area contributed by atoms with E-state index in [2.05, 4.69) is 9.97 Å². The molecule has 4 rings (SSSR count). The Hall–Kier alpha value is -2.94. The molecule has 1 heterocycles. The van der Waals surface area contributed by atoms with Crippen LogP contribution < -0.4 is 5.56 Å². The number of nitrogens with one attached hydrogen (secondary N) is 1. The van der Waals surface area contributed by atoms with Crippen molar-refractivity contribution in [1.82, 2.24) is 9.97 Å². The molecule has 0 aliphatic rings. The molecule has 0 fully saturated rings. The Balaban J connectivity index is 2.05. The number of fused-ring (bicyclic) bond motifs is 2. The molecule has 0 spiro atoms. The van der Waals surface area contributed by atoms with Crippen molar-refractivity contribution in [3.8, 4) is 11.4 Å². The van der Waals surface area contributed by atoms with Crippen LogP contribution in [-0.2, 0) is 0 Å². The van der Waals surface area contributed by atoms with Gasteiger partial charge in [-0.2, -0.15) is 0 Å². The molecule has 3 heteroatoms.